The van der Waals surface area contributed by atoms with Crippen molar-refractivity contribution in [1.29, 1.82) is 0 Å². The molecule has 0 bridgehead atoms. The number of hydrogen-bond acceptors (Lipinski definition) is 6. The van der Waals surface area contributed by atoms with Gasteiger partial charge in [-0.1, -0.05) is 54.2 Å². The topological polar surface area (TPSA) is 91.0 Å². The van der Waals surface area contributed by atoms with Gasteiger partial charge >= 0.3 is 6.03 Å². The number of amides is 3. The summed E-state index contributed by atoms with van der Waals surface area (Å²) in [5, 5.41) is 5.88. The van der Waals surface area contributed by atoms with Gasteiger partial charge in [0.25, 0.3) is 0 Å². The van der Waals surface area contributed by atoms with E-state index in [0.29, 0.717) is 44.8 Å². The number of hydrogen-bond donors (Lipinski definition) is 2. The summed E-state index contributed by atoms with van der Waals surface area (Å²) >= 11 is 1.19. The Balaban J connectivity index is 2.12. The van der Waals surface area contributed by atoms with Crippen LogP contribution in [0.2, 0.25) is 0 Å². The highest BCUT2D eigenvalue weighted by Crippen LogP contribution is 2.13. The highest BCUT2D eigenvalue weighted by Gasteiger charge is 2.24. The molecule has 2 aromatic rings. The standard InChI is InChI=1S/C27H38N4O4S/c1-21(32)36-19-18-31(16-14-22-8-6-5-7-9-22)27(34)29-25(26(33)28-15-17-30(2)3)20-23-10-12-24(35-4)13-11-23/h5-13,25H,14-20H2,1-4H3,(H,28,33)(H,29,34)/t25-/m0/s1. The summed E-state index contributed by atoms with van der Waals surface area (Å²) in [6, 6.07) is 16.3. The minimum absolute atomic E-state index is 0.0102. The van der Waals surface area contributed by atoms with Gasteiger partial charge in [-0.05, 0) is 43.8 Å². The Bertz CT molecular complexity index is 954. The molecule has 0 aromatic heterocycles. The molecule has 2 N–H and O–H groups in total. The first-order chi connectivity index (χ1) is 17.3. The predicted octanol–water partition coefficient (Wildman–Crippen LogP) is 2.82. The van der Waals surface area contributed by atoms with Crippen LogP contribution in [0, 0.1) is 0 Å². The van der Waals surface area contributed by atoms with Crippen LogP contribution >= 0.6 is 11.8 Å². The quantitative estimate of drug-likeness (QED) is 0.403. The normalized spacial score (nSPS) is 11.6. The van der Waals surface area contributed by atoms with Crippen molar-refractivity contribution in [2.45, 2.75) is 25.8 Å². The Hall–Kier alpha value is -3.04. The fraction of sp³-hybridized carbons (Fsp3) is 0.444. The number of likely N-dealkylation sites (N-methyl/N-ethyl adjacent to an activating group) is 1. The summed E-state index contributed by atoms with van der Waals surface area (Å²) in [6.45, 7) is 3.57. The molecule has 0 radical (unpaired) electrons. The first kappa shape index (κ1) is 29.2. The third-order valence-electron chi connectivity index (χ3n) is 5.54. The van der Waals surface area contributed by atoms with Crippen molar-refractivity contribution >= 4 is 28.8 Å². The Morgan fingerprint density at radius 3 is 2.25 bits per heavy atom. The molecule has 8 nitrogen and oxygen atoms in total. The second-order valence-corrected chi connectivity index (χ2v) is 9.98. The molecule has 0 unspecified atom stereocenters. The molecule has 0 heterocycles. The zero-order chi connectivity index (χ0) is 26.3. The van der Waals surface area contributed by atoms with Gasteiger partial charge in [-0.15, -0.1) is 0 Å². The third-order valence-corrected chi connectivity index (χ3v) is 6.33. The number of urea groups is 1. The maximum atomic E-state index is 13.3. The minimum Gasteiger partial charge on any atom is -0.497 e. The van der Waals surface area contributed by atoms with Crippen molar-refractivity contribution in [2.75, 3.05) is 53.1 Å². The lowest BCUT2D eigenvalue weighted by Crippen LogP contribution is -2.53. The summed E-state index contributed by atoms with van der Waals surface area (Å²) < 4.78 is 5.22. The molecule has 0 aliphatic carbocycles. The lowest BCUT2D eigenvalue weighted by molar-refractivity contribution is -0.123. The van der Waals surface area contributed by atoms with E-state index in [1.807, 2.05) is 73.6 Å². The van der Waals surface area contributed by atoms with Crippen LogP contribution < -0.4 is 15.4 Å². The zero-order valence-electron chi connectivity index (χ0n) is 21.7. The molecule has 0 aliphatic rings. The Labute approximate surface area is 218 Å². The van der Waals surface area contributed by atoms with Gasteiger partial charge < -0.3 is 25.2 Å². The third kappa shape index (κ3) is 11.1. The molecular formula is C27H38N4O4S. The van der Waals surface area contributed by atoms with E-state index >= 15 is 0 Å². The number of rotatable bonds is 14. The number of nitrogens with zero attached hydrogens (tertiary/aromatic N) is 2. The lowest BCUT2D eigenvalue weighted by Gasteiger charge is -2.26. The van der Waals surface area contributed by atoms with Crippen LogP contribution in [0.1, 0.15) is 18.1 Å². The van der Waals surface area contributed by atoms with E-state index in [1.165, 1.54) is 18.7 Å². The maximum absolute atomic E-state index is 13.3. The van der Waals surface area contributed by atoms with Crippen molar-refractivity contribution in [3.8, 4) is 5.75 Å². The first-order valence-corrected chi connectivity index (χ1v) is 13.0. The highest BCUT2D eigenvalue weighted by atomic mass is 32.2. The molecule has 0 fully saturated rings. The first-order valence-electron chi connectivity index (χ1n) is 12.1. The largest absolute Gasteiger partial charge is 0.497 e. The number of thioether (sulfide) groups is 1. The lowest BCUT2D eigenvalue weighted by atomic mass is 10.0. The predicted molar refractivity (Wildman–Crippen MR) is 145 cm³/mol. The number of methoxy groups -OCH3 is 1. The molecule has 196 valence electrons. The van der Waals surface area contributed by atoms with Crippen LogP contribution in [0.5, 0.6) is 5.75 Å². The van der Waals surface area contributed by atoms with Crippen molar-refractivity contribution in [3.63, 3.8) is 0 Å². The molecule has 0 aliphatic heterocycles. The van der Waals surface area contributed by atoms with Crippen LogP contribution in [0.4, 0.5) is 4.79 Å². The van der Waals surface area contributed by atoms with Crippen molar-refractivity contribution in [3.05, 3.63) is 65.7 Å². The van der Waals surface area contributed by atoms with Gasteiger partial charge in [-0.3, -0.25) is 9.59 Å². The molecule has 36 heavy (non-hydrogen) atoms. The van der Waals surface area contributed by atoms with Crippen LogP contribution in [0.25, 0.3) is 0 Å². The zero-order valence-corrected chi connectivity index (χ0v) is 22.5. The van der Waals surface area contributed by atoms with E-state index in [-0.39, 0.29) is 17.1 Å². The number of benzene rings is 2. The average Bonchev–Trinajstić information content (AvgIpc) is 2.86. The van der Waals surface area contributed by atoms with Crippen LogP contribution in [0.15, 0.2) is 54.6 Å². The van der Waals surface area contributed by atoms with Crippen LogP contribution in [0.3, 0.4) is 0 Å². The molecule has 0 spiro atoms. The molecule has 2 aromatic carbocycles. The fourth-order valence-corrected chi connectivity index (χ4v) is 4.10. The number of ether oxygens (including phenoxy) is 1. The summed E-state index contributed by atoms with van der Waals surface area (Å²) in [7, 11) is 5.48. The summed E-state index contributed by atoms with van der Waals surface area (Å²) in [5.74, 6) is 0.988. The van der Waals surface area contributed by atoms with Crippen LogP contribution in [-0.2, 0) is 22.4 Å². The summed E-state index contributed by atoms with van der Waals surface area (Å²) in [4.78, 5) is 41.5. The van der Waals surface area contributed by atoms with Gasteiger partial charge in [0.1, 0.15) is 11.8 Å². The molecular weight excluding hydrogens is 476 g/mol. The van der Waals surface area contributed by atoms with Crippen molar-refractivity contribution < 1.29 is 19.1 Å². The van der Waals surface area contributed by atoms with E-state index < -0.39 is 6.04 Å². The summed E-state index contributed by atoms with van der Waals surface area (Å²) in [5.41, 5.74) is 2.03. The molecule has 9 heteroatoms. The van der Waals surface area contributed by atoms with Gasteiger partial charge in [-0.2, -0.15) is 0 Å². The van der Waals surface area contributed by atoms with E-state index in [0.717, 1.165) is 16.9 Å². The number of carbonyl (C=O) groups is 3. The second kappa shape index (κ2) is 15.9. The molecule has 1 atom stereocenters. The summed E-state index contributed by atoms with van der Waals surface area (Å²) in [6.07, 6.45) is 1.02. The van der Waals surface area contributed by atoms with Gasteiger partial charge in [0, 0.05) is 45.3 Å². The van der Waals surface area contributed by atoms with Gasteiger partial charge in [-0.25, -0.2) is 4.79 Å². The smallest absolute Gasteiger partial charge is 0.318 e. The Morgan fingerprint density at radius 2 is 1.64 bits per heavy atom. The molecule has 3 amide bonds. The van der Waals surface area contributed by atoms with Gasteiger partial charge in [0.15, 0.2) is 5.12 Å². The monoisotopic (exact) mass is 514 g/mol. The SMILES string of the molecule is COc1ccc(C[C@H](NC(=O)N(CCSC(C)=O)CCc2ccccc2)C(=O)NCCN(C)C)cc1. The van der Waals surface area contributed by atoms with Gasteiger partial charge in [0.05, 0.1) is 7.11 Å². The van der Waals surface area contributed by atoms with E-state index in [2.05, 4.69) is 10.6 Å². The number of carbonyl (C=O) groups excluding carboxylic acids is 3. The molecule has 0 saturated carbocycles. The van der Waals surface area contributed by atoms with E-state index in [1.54, 1.807) is 12.0 Å². The van der Waals surface area contributed by atoms with E-state index in [9.17, 15) is 14.4 Å². The second-order valence-electron chi connectivity index (χ2n) is 8.71. The van der Waals surface area contributed by atoms with Crippen molar-refractivity contribution in [2.24, 2.45) is 0 Å². The highest BCUT2D eigenvalue weighted by molar-refractivity contribution is 8.13. The van der Waals surface area contributed by atoms with Crippen LogP contribution in [-0.4, -0.2) is 86.0 Å². The Kier molecular flexibility index (Phi) is 12.9. The molecule has 0 saturated heterocycles. The fourth-order valence-electron chi connectivity index (χ4n) is 3.50. The van der Waals surface area contributed by atoms with Gasteiger partial charge in [0.2, 0.25) is 5.91 Å². The maximum Gasteiger partial charge on any atom is 0.318 e. The van der Waals surface area contributed by atoms with E-state index in [4.69, 9.17) is 4.74 Å². The molecule has 2 rings (SSSR count). The van der Waals surface area contributed by atoms with Crippen molar-refractivity contribution in [1.82, 2.24) is 20.4 Å². The Morgan fingerprint density at radius 1 is 0.944 bits per heavy atom. The minimum atomic E-state index is -0.743. The average molecular weight is 515 g/mol. The number of nitrogens with one attached hydrogen (secondary N) is 2.